The molecular formula is C19H16O8. The third-order valence-electron chi connectivity index (χ3n) is 4.43. The Kier molecular flexibility index (Phi) is 3.85. The van der Waals surface area contributed by atoms with E-state index in [0.29, 0.717) is 22.8 Å². The Morgan fingerprint density at radius 1 is 1.00 bits per heavy atom. The van der Waals surface area contributed by atoms with Crippen molar-refractivity contribution in [2.45, 2.75) is 6.29 Å². The van der Waals surface area contributed by atoms with Crippen LogP contribution in [0.25, 0.3) is 22.1 Å². The number of ether oxygens (including phenoxy) is 4. The largest absolute Gasteiger partial charge is 0.507 e. The second-order valence-electron chi connectivity index (χ2n) is 5.86. The number of fused-ring (bicyclic) bond motifs is 4. The summed E-state index contributed by atoms with van der Waals surface area (Å²) in [6.45, 7) is 0. The van der Waals surface area contributed by atoms with Crippen molar-refractivity contribution < 1.29 is 33.6 Å². The van der Waals surface area contributed by atoms with Crippen molar-refractivity contribution >= 4 is 11.0 Å². The highest BCUT2D eigenvalue weighted by Gasteiger charge is 2.33. The van der Waals surface area contributed by atoms with E-state index in [4.69, 9.17) is 23.4 Å². The van der Waals surface area contributed by atoms with Gasteiger partial charge in [0.05, 0.1) is 26.9 Å². The van der Waals surface area contributed by atoms with Crippen LogP contribution in [-0.2, 0) is 0 Å². The van der Waals surface area contributed by atoms with E-state index in [1.807, 2.05) is 0 Å². The van der Waals surface area contributed by atoms with Crippen LogP contribution < -0.4 is 24.4 Å². The van der Waals surface area contributed by atoms with Gasteiger partial charge in [-0.3, -0.25) is 4.79 Å². The Bertz CT molecular complexity index is 1120. The van der Waals surface area contributed by atoms with E-state index in [-0.39, 0.29) is 33.8 Å². The number of methoxy groups -OCH3 is 3. The smallest absolute Gasteiger partial charge is 0.257 e. The van der Waals surface area contributed by atoms with Gasteiger partial charge in [0.15, 0.2) is 17.3 Å². The first-order valence-electron chi connectivity index (χ1n) is 7.97. The highest BCUT2D eigenvalue weighted by atomic mass is 16.6. The Balaban J connectivity index is 2.09. The summed E-state index contributed by atoms with van der Waals surface area (Å²) in [4.78, 5) is 13.2. The van der Waals surface area contributed by atoms with Crippen molar-refractivity contribution in [1.82, 2.24) is 0 Å². The van der Waals surface area contributed by atoms with Gasteiger partial charge in [0, 0.05) is 23.8 Å². The number of hydrogen-bond acceptors (Lipinski definition) is 8. The maximum atomic E-state index is 13.2. The Morgan fingerprint density at radius 3 is 2.37 bits per heavy atom. The summed E-state index contributed by atoms with van der Waals surface area (Å²) < 4.78 is 26.8. The minimum absolute atomic E-state index is 0.0237. The zero-order valence-corrected chi connectivity index (χ0v) is 14.7. The summed E-state index contributed by atoms with van der Waals surface area (Å²) in [5.74, 6) is 0.933. The van der Waals surface area contributed by atoms with Gasteiger partial charge in [-0.25, -0.2) is 0 Å². The van der Waals surface area contributed by atoms with Crippen molar-refractivity contribution in [2.24, 2.45) is 0 Å². The van der Waals surface area contributed by atoms with E-state index in [1.165, 1.54) is 39.5 Å². The molecule has 0 unspecified atom stereocenters. The van der Waals surface area contributed by atoms with Crippen molar-refractivity contribution in [3.8, 4) is 39.9 Å². The first-order chi connectivity index (χ1) is 13.0. The number of hydrogen-bond donors (Lipinski definition) is 2. The molecule has 0 spiro atoms. The Hall–Kier alpha value is -3.39. The van der Waals surface area contributed by atoms with Crippen LogP contribution in [0.3, 0.4) is 0 Å². The molecule has 140 valence electrons. The summed E-state index contributed by atoms with van der Waals surface area (Å²) in [7, 11) is 4.35. The molecule has 0 saturated carbocycles. The molecule has 1 atom stereocenters. The molecule has 0 bridgehead atoms. The van der Waals surface area contributed by atoms with Gasteiger partial charge in [-0.1, -0.05) is 0 Å². The molecule has 1 aromatic heterocycles. The van der Waals surface area contributed by atoms with Crippen LogP contribution in [0.2, 0.25) is 0 Å². The van der Waals surface area contributed by atoms with Gasteiger partial charge >= 0.3 is 0 Å². The first kappa shape index (κ1) is 17.0. The third-order valence-corrected chi connectivity index (χ3v) is 4.43. The number of aliphatic hydroxyl groups is 1. The lowest BCUT2D eigenvalue weighted by molar-refractivity contribution is -0.0377. The average Bonchev–Trinajstić information content (AvgIpc) is 2.66. The second kappa shape index (κ2) is 6.10. The van der Waals surface area contributed by atoms with Crippen LogP contribution in [-0.4, -0.2) is 31.5 Å². The predicted molar refractivity (Wildman–Crippen MR) is 94.8 cm³/mol. The first-order valence-corrected chi connectivity index (χ1v) is 7.97. The van der Waals surface area contributed by atoms with Crippen LogP contribution in [0.5, 0.6) is 28.7 Å². The van der Waals surface area contributed by atoms with Crippen LogP contribution >= 0.6 is 0 Å². The van der Waals surface area contributed by atoms with E-state index in [9.17, 15) is 15.0 Å². The summed E-state index contributed by atoms with van der Waals surface area (Å²) in [5.41, 5.74) is 0.000822. The standard InChI is InChI=1S/C19H16O8/c1-23-8-4-10(20)16-14(5-8)26-18-15(17(16)21)9-6-12(24-2)13(25-3)7-11(9)27-19(18)22/h4-7,19-20,22H,1-3H3/t19-/m0/s1. The Labute approximate surface area is 153 Å². The maximum Gasteiger partial charge on any atom is 0.257 e. The lowest BCUT2D eigenvalue weighted by atomic mass is 9.98. The van der Waals surface area contributed by atoms with Gasteiger partial charge in [-0.15, -0.1) is 0 Å². The van der Waals surface area contributed by atoms with Crippen LogP contribution in [0.15, 0.2) is 33.5 Å². The second-order valence-corrected chi connectivity index (χ2v) is 5.86. The average molecular weight is 372 g/mol. The topological polar surface area (TPSA) is 108 Å². The van der Waals surface area contributed by atoms with Gasteiger partial charge < -0.3 is 33.6 Å². The van der Waals surface area contributed by atoms with E-state index in [1.54, 1.807) is 6.07 Å². The molecule has 2 N–H and O–H groups in total. The SMILES string of the molecule is COc1cc(O)c2c(=O)c3c(oc2c1)[C@@H](O)Oc1cc(OC)c(OC)cc1-3. The van der Waals surface area contributed by atoms with Crippen LogP contribution in [0, 0.1) is 0 Å². The zero-order valence-electron chi connectivity index (χ0n) is 14.7. The fourth-order valence-electron chi connectivity index (χ4n) is 3.17. The van der Waals surface area contributed by atoms with E-state index in [0.717, 1.165) is 0 Å². The predicted octanol–water partition coefficient (Wildman–Crippen LogP) is 2.57. The number of aliphatic hydroxyl groups excluding tert-OH is 1. The Morgan fingerprint density at radius 2 is 1.70 bits per heavy atom. The van der Waals surface area contributed by atoms with Crippen molar-refractivity contribution in [3.63, 3.8) is 0 Å². The van der Waals surface area contributed by atoms with Crippen LogP contribution in [0.1, 0.15) is 12.1 Å². The molecule has 0 saturated heterocycles. The normalized spacial score (nSPS) is 14.9. The van der Waals surface area contributed by atoms with Gasteiger partial charge in [-0.2, -0.15) is 0 Å². The molecule has 3 aromatic rings. The number of phenols is 1. The van der Waals surface area contributed by atoms with Crippen LogP contribution in [0.4, 0.5) is 0 Å². The fraction of sp³-hybridized carbons (Fsp3) is 0.211. The molecule has 0 fully saturated rings. The lowest BCUT2D eigenvalue weighted by Crippen LogP contribution is -2.20. The molecule has 0 aliphatic carbocycles. The summed E-state index contributed by atoms with van der Waals surface area (Å²) >= 11 is 0. The zero-order chi connectivity index (χ0) is 19.3. The van der Waals surface area contributed by atoms with E-state index < -0.39 is 11.7 Å². The third kappa shape index (κ3) is 2.45. The summed E-state index contributed by atoms with van der Waals surface area (Å²) in [6.07, 6.45) is -1.50. The van der Waals surface area contributed by atoms with Crippen molar-refractivity contribution in [3.05, 3.63) is 40.2 Å². The molecule has 27 heavy (non-hydrogen) atoms. The van der Waals surface area contributed by atoms with Crippen molar-refractivity contribution in [2.75, 3.05) is 21.3 Å². The minimum Gasteiger partial charge on any atom is -0.507 e. The fourth-order valence-corrected chi connectivity index (χ4v) is 3.17. The molecule has 1 aliphatic rings. The maximum absolute atomic E-state index is 13.2. The highest BCUT2D eigenvalue weighted by Crippen LogP contribution is 2.46. The number of rotatable bonds is 3. The molecule has 1 aliphatic heterocycles. The molecule has 2 heterocycles. The van der Waals surface area contributed by atoms with Gasteiger partial charge in [0.2, 0.25) is 5.43 Å². The van der Waals surface area contributed by atoms with Gasteiger partial charge in [-0.05, 0) is 6.07 Å². The summed E-state index contributed by atoms with van der Waals surface area (Å²) in [5, 5.41) is 20.6. The summed E-state index contributed by atoms with van der Waals surface area (Å²) in [6, 6.07) is 5.84. The molecule has 0 radical (unpaired) electrons. The molecule has 8 nitrogen and oxygen atoms in total. The van der Waals surface area contributed by atoms with E-state index >= 15 is 0 Å². The quantitative estimate of drug-likeness (QED) is 0.722. The monoisotopic (exact) mass is 372 g/mol. The molecule has 2 aromatic carbocycles. The number of phenolic OH excluding ortho intramolecular Hbond substituents is 1. The van der Waals surface area contributed by atoms with Gasteiger partial charge in [0.25, 0.3) is 6.29 Å². The van der Waals surface area contributed by atoms with E-state index in [2.05, 4.69) is 0 Å². The van der Waals surface area contributed by atoms with Gasteiger partial charge in [0.1, 0.15) is 28.2 Å². The molecule has 8 heteroatoms. The van der Waals surface area contributed by atoms with Crippen molar-refractivity contribution in [1.29, 1.82) is 0 Å². The number of benzene rings is 2. The minimum atomic E-state index is -1.50. The molecule has 4 rings (SSSR count). The molecular weight excluding hydrogens is 356 g/mol. The molecule has 0 amide bonds. The lowest BCUT2D eigenvalue weighted by Gasteiger charge is -2.25. The number of aromatic hydroxyl groups is 1. The highest BCUT2D eigenvalue weighted by molar-refractivity contribution is 5.90.